The van der Waals surface area contributed by atoms with E-state index in [2.05, 4.69) is 0 Å². The number of benzene rings is 2. The molecular weight excluding hydrogens is 308 g/mol. The highest BCUT2D eigenvalue weighted by atomic mass is 19.4. The summed E-state index contributed by atoms with van der Waals surface area (Å²) in [5.41, 5.74) is -0.245. The first-order chi connectivity index (χ1) is 10.2. The summed E-state index contributed by atoms with van der Waals surface area (Å²) in [6.07, 6.45) is -8.76. The first kappa shape index (κ1) is 16.4. The van der Waals surface area contributed by atoms with Crippen LogP contribution in [0.1, 0.15) is 16.7 Å². The molecule has 0 spiro atoms. The lowest BCUT2D eigenvalue weighted by Crippen LogP contribution is -2.76. The van der Waals surface area contributed by atoms with Crippen molar-refractivity contribution in [3.8, 4) is 0 Å². The molecule has 0 saturated heterocycles. The van der Waals surface area contributed by atoms with E-state index < -0.39 is 23.5 Å². The smallest absolute Gasteiger partial charge is 0.310 e. The Labute approximate surface area is 122 Å². The molecule has 1 nitrogen and oxygen atoms in total. The second kappa shape index (κ2) is 6.00. The molecular formula is C15H12F6N+. The predicted molar refractivity (Wildman–Crippen MR) is 68.2 cm³/mol. The van der Waals surface area contributed by atoms with Gasteiger partial charge in [0.1, 0.15) is 12.2 Å². The van der Waals surface area contributed by atoms with Crippen LogP contribution in [-0.4, -0.2) is 0 Å². The van der Waals surface area contributed by atoms with Gasteiger partial charge in [-0.05, 0) is 36.4 Å². The summed E-state index contributed by atoms with van der Waals surface area (Å²) in [5, 5.41) is 1.66. The summed E-state index contributed by atoms with van der Waals surface area (Å²) in [5.74, 6) is 0. The van der Waals surface area contributed by atoms with Gasteiger partial charge in [0, 0.05) is 5.56 Å². The second-order valence-corrected chi connectivity index (χ2v) is 4.72. The lowest BCUT2D eigenvalue weighted by atomic mass is 10.1. The maximum absolute atomic E-state index is 12.4. The Kier molecular flexibility index (Phi) is 4.46. The van der Waals surface area contributed by atoms with Crippen LogP contribution >= 0.6 is 0 Å². The summed E-state index contributed by atoms with van der Waals surface area (Å²) in [6.45, 7) is 0.337. The van der Waals surface area contributed by atoms with Crippen molar-refractivity contribution in [2.75, 3.05) is 0 Å². The van der Waals surface area contributed by atoms with Gasteiger partial charge in [0.05, 0.1) is 11.1 Å². The molecule has 7 heteroatoms. The summed E-state index contributed by atoms with van der Waals surface area (Å²) in [6, 6.07) is 9.26. The summed E-state index contributed by atoms with van der Waals surface area (Å²) < 4.78 is 74.4. The van der Waals surface area contributed by atoms with E-state index in [1.165, 1.54) is 24.3 Å². The maximum Gasteiger partial charge on any atom is 0.416 e. The van der Waals surface area contributed by atoms with Crippen LogP contribution in [0.5, 0.6) is 0 Å². The second-order valence-electron chi connectivity index (χ2n) is 4.72. The van der Waals surface area contributed by atoms with E-state index in [1.54, 1.807) is 5.32 Å². The lowest BCUT2D eigenvalue weighted by Gasteiger charge is -2.08. The fourth-order valence-corrected chi connectivity index (χ4v) is 1.87. The fraction of sp³-hybridized carbons (Fsp3) is 0.200. The Balaban J connectivity index is 1.98. The third-order valence-electron chi connectivity index (χ3n) is 3.09. The van der Waals surface area contributed by atoms with Gasteiger partial charge in [0.25, 0.3) is 0 Å². The van der Waals surface area contributed by atoms with Crippen LogP contribution in [0.25, 0.3) is 0 Å². The Hall–Kier alpha value is -2.02. The minimum absolute atomic E-state index is 0.337. The van der Waals surface area contributed by atoms with E-state index in [0.29, 0.717) is 17.8 Å². The molecule has 0 amide bonds. The monoisotopic (exact) mass is 320 g/mol. The number of halogens is 6. The van der Waals surface area contributed by atoms with Gasteiger partial charge in [-0.25, -0.2) is 0 Å². The zero-order valence-corrected chi connectivity index (χ0v) is 11.2. The SMILES string of the molecule is FC(F)(F)c1ccc(C[NH2+]c2ccc(C(F)(F)F)cc2)cc1. The molecule has 0 aliphatic heterocycles. The van der Waals surface area contributed by atoms with Gasteiger partial charge in [-0.15, -0.1) is 0 Å². The van der Waals surface area contributed by atoms with Crippen molar-refractivity contribution < 1.29 is 31.7 Å². The summed E-state index contributed by atoms with van der Waals surface area (Å²) >= 11 is 0. The van der Waals surface area contributed by atoms with Crippen LogP contribution in [0.4, 0.5) is 32.0 Å². The molecule has 22 heavy (non-hydrogen) atoms. The highest BCUT2D eigenvalue weighted by Crippen LogP contribution is 2.30. The van der Waals surface area contributed by atoms with Gasteiger partial charge in [-0.1, -0.05) is 12.1 Å². The van der Waals surface area contributed by atoms with E-state index in [4.69, 9.17) is 0 Å². The van der Waals surface area contributed by atoms with Crippen LogP contribution in [0, 0.1) is 0 Å². The van der Waals surface area contributed by atoms with Crippen LogP contribution in [0.3, 0.4) is 0 Å². The predicted octanol–water partition coefficient (Wildman–Crippen LogP) is 4.12. The Bertz CT molecular complexity index is 553. The van der Waals surface area contributed by atoms with Crippen molar-refractivity contribution in [3.05, 3.63) is 65.2 Å². The summed E-state index contributed by atoms with van der Waals surface area (Å²) in [4.78, 5) is 0. The summed E-state index contributed by atoms with van der Waals surface area (Å²) in [7, 11) is 0. The standard InChI is InChI=1S/C15H11F6N/c16-14(17,18)11-3-1-10(2-4-11)9-22-13-7-5-12(6-8-13)15(19,20)21/h1-8,22H,9H2/p+1. The topological polar surface area (TPSA) is 16.6 Å². The number of rotatable bonds is 3. The molecule has 0 radical (unpaired) electrons. The van der Waals surface area contributed by atoms with E-state index in [9.17, 15) is 26.3 Å². The number of hydrogen-bond acceptors (Lipinski definition) is 0. The first-order valence-corrected chi connectivity index (χ1v) is 6.33. The molecule has 0 heterocycles. The third-order valence-corrected chi connectivity index (χ3v) is 3.09. The third kappa shape index (κ3) is 4.24. The van der Waals surface area contributed by atoms with Gasteiger partial charge in [0.15, 0.2) is 0 Å². The number of quaternary nitrogens is 1. The average molecular weight is 320 g/mol. The van der Waals surface area contributed by atoms with Crippen molar-refractivity contribution in [1.82, 2.24) is 0 Å². The minimum Gasteiger partial charge on any atom is -0.310 e. The van der Waals surface area contributed by atoms with Crippen molar-refractivity contribution in [1.29, 1.82) is 0 Å². The molecule has 0 saturated carbocycles. The molecule has 2 aromatic carbocycles. The quantitative estimate of drug-likeness (QED) is 0.647. The molecule has 118 valence electrons. The lowest BCUT2D eigenvalue weighted by molar-refractivity contribution is -0.588. The van der Waals surface area contributed by atoms with E-state index >= 15 is 0 Å². The molecule has 2 rings (SSSR count). The maximum atomic E-state index is 12.4. The van der Waals surface area contributed by atoms with Crippen LogP contribution in [0.15, 0.2) is 48.5 Å². The normalized spacial score (nSPS) is 12.5. The Morgan fingerprint density at radius 1 is 0.636 bits per heavy atom. The molecule has 0 aliphatic rings. The van der Waals surface area contributed by atoms with Crippen molar-refractivity contribution in [3.63, 3.8) is 0 Å². The molecule has 2 N–H and O–H groups in total. The van der Waals surface area contributed by atoms with Gasteiger partial charge in [0.2, 0.25) is 0 Å². The zero-order chi connectivity index (χ0) is 16.4. The number of nitrogens with two attached hydrogens (primary N) is 1. The van der Waals surface area contributed by atoms with Crippen LogP contribution in [0.2, 0.25) is 0 Å². The van der Waals surface area contributed by atoms with Gasteiger partial charge < -0.3 is 5.32 Å². The zero-order valence-electron chi connectivity index (χ0n) is 11.2. The van der Waals surface area contributed by atoms with Crippen molar-refractivity contribution in [2.45, 2.75) is 18.9 Å². The Morgan fingerprint density at radius 2 is 1.05 bits per heavy atom. The fourth-order valence-electron chi connectivity index (χ4n) is 1.87. The molecule has 0 unspecified atom stereocenters. The van der Waals surface area contributed by atoms with Crippen molar-refractivity contribution >= 4 is 5.69 Å². The van der Waals surface area contributed by atoms with E-state index in [-0.39, 0.29) is 0 Å². The highest BCUT2D eigenvalue weighted by molar-refractivity contribution is 5.33. The van der Waals surface area contributed by atoms with E-state index in [0.717, 1.165) is 24.3 Å². The molecule has 0 bridgehead atoms. The van der Waals surface area contributed by atoms with Gasteiger partial charge in [-0.3, -0.25) is 0 Å². The molecule has 0 aliphatic carbocycles. The van der Waals surface area contributed by atoms with Gasteiger partial charge >= 0.3 is 12.4 Å². The largest absolute Gasteiger partial charge is 0.416 e. The Morgan fingerprint density at radius 3 is 1.45 bits per heavy atom. The molecule has 2 aromatic rings. The number of hydrogen-bond donors (Lipinski definition) is 1. The van der Waals surface area contributed by atoms with Gasteiger partial charge in [-0.2, -0.15) is 26.3 Å². The number of alkyl halides is 6. The van der Waals surface area contributed by atoms with Crippen LogP contribution < -0.4 is 5.32 Å². The van der Waals surface area contributed by atoms with Crippen LogP contribution in [-0.2, 0) is 18.9 Å². The first-order valence-electron chi connectivity index (χ1n) is 6.33. The molecule has 0 aromatic heterocycles. The molecule has 0 atom stereocenters. The average Bonchev–Trinajstić information content (AvgIpc) is 2.44. The van der Waals surface area contributed by atoms with E-state index in [1.807, 2.05) is 0 Å². The van der Waals surface area contributed by atoms with Crippen molar-refractivity contribution in [2.24, 2.45) is 0 Å². The minimum atomic E-state index is -4.38. The highest BCUT2D eigenvalue weighted by Gasteiger charge is 2.30. The molecule has 0 fully saturated rings.